The minimum Gasteiger partial charge on any atom is -0.504 e. The normalized spacial score (nSPS) is 10.2. The Bertz CT molecular complexity index is 558. The largest absolute Gasteiger partial charge is 0.504 e. The molecule has 0 spiro atoms. The summed E-state index contributed by atoms with van der Waals surface area (Å²) in [5.41, 5.74) is 1.36. The molecule has 0 heterocycles. The van der Waals surface area contributed by atoms with Crippen LogP contribution in [0.2, 0.25) is 0 Å². The van der Waals surface area contributed by atoms with Crippen LogP contribution in [0.3, 0.4) is 0 Å². The minimum atomic E-state index is -0.286. The third-order valence-corrected chi connectivity index (χ3v) is 2.68. The molecule has 100 valence electrons. The van der Waals surface area contributed by atoms with Gasteiger partial charge in [-0.2, -0.15) is 0 Å². The summed E-state index contributed by atoms with van der Waals surface area (Å²) in [6.45, 7) is 2.79. The van der Waals surface area contributed by atoms with Crippen molar-refractivity contribution in [3.05, 3.63) is 53.8 Å². The predicted molar refractivity (Wildman–Crippen MR) is 73.0 cm³/mol. The first kappa shape index (κ1) is 13.2. The van der Waals surface area contributed by atoms with E-state index in [-0.39, 0.29) is 11.6 Å². The highest BCUT2D eigenvalue weighted by molar-refractivity contribution is 5.47. The van der Waals surface area contributed by atoms with E-state index in [0.717, 1.165) is 5.56 Å². The summed E-state index contributed by atoms with van der Waals surface area (Å²) >= 11 is 0. The maximum absolute atomic E-state index is 13.4. The van der Waals surface area contributed by atoms with E-state index in [9.17, 15) is 9.50 Å². The number of hydrogen-bond acceptors (Lipinski definition) is 3. The van der Waals surface area contributed by atoms with E-state index in [1.807, 2.05) is 6.92 Å². The monoisotopic (exact) mass is 261 g/mol. The summed E-state index contributed by atoms with van der Waals surface area (Å²) < 4.78 is 18.7. The molecular formula is C15H16FNO2. The Hall–Kier alpha value is -2.23. The van der Waals surface area contributed by atoms with Gasteiger partial charge in [0.05, 0.1) is 12.3 Å². The van der Waals surface area contributed by atoms with Gasteiger partial charge in [0.25, 0.3) is 0 Å². The lowest BCUT2D eigenvalue weighted by molar-refractivity contribution is 0.318. The van der Waals surface area contributed by atoms with Crippen LogP contribution < -0.4 is 10.1 Å². The van der Waals surface area contributed by atoms with Gasteiger partial charge in [0.15, 0.2) is 11.5 Å². The maximum Gasteiger partial charge on any atom is 0.161 e. The quantitative estimate of drug-likeness (QED) is 0.865. The number of nitrogens with one attached hydrogen (secondary N) is 1. The Morgan fingerprint density at radius 1 is 1.21 bits per heavy atom. The first-order valence-corrected chi connectivity index (χ1v) is 6.13. The Kier molecular flexibility index (Phi) is 4.23. The molecule has 0 radical (unpaired) electrons. The van der Waals surface area contributed by atoms with Crippen molar-refractivity contribution in [1.29, 1.82) is 0 Å². The summed E-state index contributed by atoms with van der Waals surface area (Å²) in [5.74, 6) is 0.262. The van der Waals surface area contributed by atoms with Gasteiger partial charge in [-0.3, -0.25) is 0 Å². The van der Waals surface area contributed by atoms with E-state index >= 15 is 0 Å². The van der Waals surface area contributed by atoms with E-state index in [1.54, 1.807) is 36.4 Å². The molecule has 0 amide bonds. The summed E-state index contributed by atoms with van der Waals surface area (Å²) in [5, 5.41) is 12.6. The molecule has 0 bridgehead atoms. The van der Waals surface area contributed by atoms with E-state index in [1.165, 1.54) is 6.07 Å². The molecule has 0 aliphatic heterocycles. The Morgan fingerprint density at radius 2 is 2.00 bits per heavy atom. The molecule has 3 nitrogen and oxygen atoms in total. The molecule has 0 saturated heterocycles. The number of halogens is 1. The number of ether oxygens (including phenoxy) is 1. The molecule has 0 atom stereocenters. The van der Waals surface area contributed by atoms with Crippen LogP contribution in [0, 0.1) is 5.82 Å². The number of hydrogen-bond donors (Lipinski definition) is 2. The molecule has 0 aromatic heterocycles. The average molecular weight is 261 g/mol. The van der Waals surface area contributed by atoms with Gasteiger partial charge in [-0.1, -0.05) is 18.2 Å². The second kappa shape index (κ2) is 6.09. The van der Waals surface area contributed by atoms with Gasteiger partial charge in [-0.05, 0) is 36.8 Å². The molecule has 2 aromatic carbocycles. The molecule has 0 aliphatic carbocycles. The Balaban J connectivity index is 2.07. The second-order valence-electron chi connectivity index (χ2n) is 4.07. The fourth-order valence-corrected chi connectivity index (χ4v) is 1.74. The zero-order valence-electron chi connectivity index (χ0n) is 10.7. The summed E-state index contributed by atoms with van der Waals surface area (Å²) in [6.07, 6.45) is 0. The van der Waals surface area contributed by atoms with Crippen LogP contribution in [0.25, 0.3) is 0 Å². The summed E-state index contributed by atoms with van der Waals surface area (Å²) in [6, 6.07) is 11.6. The van der Waals surface area contributed by atoms with Gasteiger partial charge in [0.2, 0.25) is 0 Å². The maximum atomic E-state index is 13.4. The standard InChI is InChI=1S/C15H16FNO2/c1-2-19-15-9-11(7-8-14(15)18)10-17-13-6-4-3-5-12(13)16/h3-9,17-18H,2,10H2,1H3. The summed E-state index contributed by atoms with van der Waals surface area (Å²) in [7, 11) is 0. The fraction of sp³-hybridized carbons (Fsp3) is 0.200. The molecule has 4 heteroatoms. The van der Waals surface area contributed by atoms with Crippen molar-refractivity contribution < 1.29 is 14.2 Å². The third kappa shape index (κ3) is 3.37. The van der Waals surface area contributed by atoms with E-state index < -0.39 is 0 Å². The van der Waals surface area contributed by atoms with Crippen molar-refractivity contribution >= 4 is 5.69 Å². The number of benzene rings is 2. The molecule has 2 rings (SSSR count). The molecule has 0 fully saturated rings. The van der Waals surface area contributed by atoms with E-state index in [0.29, 0.717) is 24.6 Å². The first-order valence-electron chi connectivity index (χ1n) is 6.13. The van der Waals surface area contributed by atoms with Crippen LogP contribution in [0.15, 0.2) is 42.5 Å². The second-order valence-corrected chi connectivity index (χ2v) is 4.07. The highest BCUT2D eigenvalue weighted by Crippen LogP contribution is 2.27. The molecule has 2 N–H and O–H groups in total. The number of para-hydroxylation sites is 1. The van der Waals surface area contributed by atoms with Crippen molar-refractivity contribution in [2.45, 2.75) is 13.5 Å². The predicted octanol–water partition coefficient (Wildman–Crippen LogP) is 3.54. The number of phenols is 1. The lowest BCUT2D eigenvalue weighted by Crippen LogP contribution is -2.02. The van der Waals surface area contributed by atoms with Crippen LogP contribution in [0.4, 0.5) is 10.1 Å². The van der Waals surface area contributed by atoms with Crippen LogP contribution >= 0.6 is 0 Å². The number of anilines is 1. The van der Waals surface area contributed by atoms with Crippen molar-refractivity contribution in [3.8, 4) is 11.5 Å². The molecular weight excluding hydrogens is 245 g/mol. The van der Waals surface area contributed by atoms with E-state index in [2.05, 4.69) is 5.32 Å². The SMILES string of the molecule is CCOc1cc(CNc2ccccc2F)ccc1O. The molecule has 0 unspecified atom stereocenters. The van der Waals surface area contributed by atoms with Crippen molar-refractivity contribution in [1.82, 2.24) is 0 Å². The topological polar surface area (TPSA) is 41.5 Å². The molecule has 2 aromatic rings. The highest BCUT2D eigenvalue weighted by atomic mass is 19.1. The lowest BCUT2D eigenvalue weighted by atomic mass is 10.2. The Labute approximate surface area is 111 Å². The summed E-state index contributed by atoms with van der Waals surface area (Å²) in [4.78, 5) is 0. The van der Waals surface area contributed by atoms with E-state index in [4.69, 9.17) is 4.74 Å². The van der Waals surface area contributed by atoms with Gasteiger partial charge in [-0.25, -0.2) is 4.39 Å². The zero-order chi connectivity index (χ0) is 13.7. The van der Waals surface area contributed by atoms with Gasteiger partial charge in [0, 0.05) is 6.54 Å². The van der Waals surface area contributed by atoms with Crippen LogP contribution in [0.5, 0.6) is 11.5 Å². The van der Waals surface area contributed by atoms with Gasteiger partial charge >= 0.3 is 0 Å². The van der Waals surface area contributed by atoms with Gasteiger partial charge in [-0.15, -0.1) is 0 Å². The highest BCUT2D eigenvalue weighted by Gasteiger charge is 2.04. The smallest absolute Gasteiger partial charge is 0.161 e. The third-order valence-electron chi connectivity index (χ3n) is 2.68. The fourth-order valence-electron chi connectivity index (χ4n) is 1.74. The molecule has 0 aliphatic rings. The number of aromatic hydroxyl groups is 1. The zero-order valence-corrected chi connectivity index (χ0v) is 10.7. The minimum absolute atomic E-state index is 0.108. The molecule has 19 heavy (non-hydrogen) atoms. The van der Waals surface area contributed by atoms with Crippen LogP contribution in [0.1, 0.15) is 12.5 Å². The van der Waals surface area contributed by atoms with Crippen molar-refractivity contribution in [2.24, 2.45) is 0 Å². The lowest BCUT2D eigenvalue weighted by Gasteiger charge is -2.10. The average Bonchev–Trinajstić information content (AvgIpc) is 2.41. The van der Waals surface area contributed by atoms with Crippen LogP contribution in [-0.2, 0) is 6.54 Å². The number of rotatable bonds is 5. The number of phenolic OH excluding ortho intramolecular Hbond substituents is 1. The van der Waals surface area contributed by atoms with Gasteiger partial charge < -0.3 is 15.2 Å². The van der Waals surface area contributed by atoms with Crippen LogP contribution in [-0.4, -0.2) is 11.7 Å². The first-order chi connectivity index (χ1) is 9.20. The van der Waals surface area contributed by atoms with Crippen molar-refractivity contribution in [3.63, 3.8) is 0 Å². The van der Waals surface area contributed by atoms with Crippen molar-refractivity contribution in [2.75, 3.05) is 11.9 Å². The van der Waals surface area contributed by atoms with Gasteiger partial charge in [0.1, 0.15) is 5.82 Å². The molecule has 0 saturated carbocycles. The Morgan fingerprint density at radius 3 is 2.74 bits per heavy atom.